The molecule has 0 aromatic rings. The number of unbranched alkanes of at least 4 members (excludes halogenated alkanes) is 61. The first kappa shape index (κ1) is 94.5. The third kappa shape index (κ3) is 80.7. The monoisotopic (exact) mass is 1370 g/mol. The van der Waals surface area contributed by atoms with Gasteiger partial charge in [-0.1, -0.05) is 403 Å². The van der Waals surface area contributed by atoms with Crippen molar-refractivity contribution in [1.82, 2.24) is 0 Å². The summed E-state index contributed by atoms with van der Waals surface area (Å²) in [4.78, 5) is 37.8. The van der Waals surface area contributed by atoms with Crippen LogP contribution in [0.5, 0.6) is 0 Å². The van der Waals surface area contributed by atoms with E-state index in [1.165, 1.54) is 379 Å². The summed E-state index contributed by atoms with van der Waals surface area (Å²) in [6, 6.07) is 0. The van der Waals surface area contributed by atoms with Crippen molar-refractivity contribution in [3.63, 3.8) is 0 Å². The fourth-order valence-corrected chi connectivity index (χ4v) is 13.3. The first-order valence-corrected chi connectivity index (χ1v) is 43.2. The fourth-order valence-electron chi connectivity index (χ4n) is 13.3. The molecule has 0 rings (SSSR count). The Bertz CT molecular complexity index is 1690. The lowest BCUT2D eigenvalue weighted by Gasteiger charge is -2.25. The second-order valence-corrected chi connectivity index (χ2v) is 30.8. The quantitative estimate of drug-likeness (QED) is 0.0211. The molecule has 572 valence electrons. The Morgan fingerprint density at radius 2 is 0.557 bits per heavy atom. The van der Waals surface area contributed by atoms with Crippen molar-refractivity contribution < 1.29 is 42.9 Å². The Labute approximate surface area is 604 Å². The first-order valence-electron chi connectivity index (χ1n) is 43.2. The minimum atomic E-state index is -1.51. The highest BCUT2D eigenvalue weighted by Crippen LogP contribution is 2.21. The normalized spacial score (nSPS) is 12.7. The van der Waals surface area contributed by atoms with Gasteiger partial charge in [-0.25, -0.2) is 4.79 Å². The van der Waals surface area contributed by atoms with Gasteiger partial charge in [-0.3, -0.25) is 9.59 Å². The number of carbonyl (C=O) groups excluding carboxylic acids is 2. The van der Waals surface area contributed by atoms with Crippen LogP contribution >= 0.6 is 0 Å². The number of esters is 2. The van der Waals surface area contributed by atoms with Crippen molar-refractivity contribution in [1.29, 1.82) is 0 Å². The molecule has 0 saturated carbocycles. The number of quaternary nitrogens is 1. The molecule has 0 aliphatic carbocycles. The maximum absolute atomic E-state index is 13.0. The molecule has 9 nitrogen and oxygen atoms in total. The van der Waals surface area contributed by atoms with Crippen molar-refractivity contribution in [2.75, 3.05) is 47.5 Å². The lowest BCUT2D eigenvalue weighted by molar-refractivity contribution is -0.870. The summed E-state index contributed by atoms with van der Waals surface area (Å²) in [5.41, 5.74) is 0. The molecule has 1 N–H and O–H groups in total. The number of carboxylic acids is 1. The van der Waals surface area contributed by atoms with Crippen molar-refractivity contribution in [3.05, 3.63) is 36.5 Å². The Morgan fingerprint density at radius 1 is 0.309 bits per heavy atom. The number of allylic oxidation sites excluding steroid dienone is 6. The number of ether oxygens (including phenoxy) is 4. The van der Waals surface area contributed by atoms with Crippen LogP contribution in [0.1, 0.15) is 450 Å². The third-order valence-corrected chi connectivity index (χ3v) is 19.9. The van der Waals surface area contributed by atoms with E-state index in [0.29, 0.717) is 17.4 Å². The Balaban J connectivity index is 3.91. The highest BCUT2D eigenvalue weighted by molar-refractivity contribution is 5.71. The molecule has 2 atom stereocenters. The van der Waals surface area contributed by atoms with E-state index < -0.39 is 18.4 Å². The maximum atomic E-state index is 13.0. The van der Waals surface area contributed by atoms with Gasteiger partial charge < -0.3 is 28.5 Å². The van der Waals surface area contributed by atoms with Gasteiger partial charge in [0.2, 0.25) is 0 Å². The maximum Gasteiger partial charge on any atom is 0.361 e. The van der Waals surface area contributed by atoms with E-state index >= 15 is 0 Å². The van der Waals surface area contributed by atoms with Crippen LogP contribution in [0.25, 0.3) is 0 Å². The van der Waals surface area contributed by atoms with E-state index in [1.807, 2.05) is 21.1 Å². The van der Waals surface area contributed by atoms with Gasteiger partial charge >= 0.3 is 17.9 Å². The zero-order valence-corrected chi connectivity index (χ0v) is 65.8. The van der Waals surface area contributed by atoms with Gasteiger partial charge in [-0.05, 0) is 70.6 Å². The largest absolute Gasteiger partial charge is 0.477 e. The van der Waals surface area contributed by atoms with Crippen LogP contribution in [-0.4, -0.2) is 87.4 Å². The van der Waals surface area contributed by atoms with Crippen molar-refractivity contribution >= 4 is 17.9 Å². The van der Waals surface area contributed by atoms with E-state index in [1.54, 1.807) is 0 Å². The molecule has 0 aliphatic rings. The fraction of sp³-hybridized carbons (Fsp3) is 0.898. The molecule has 0 amide bonds. The highest BCUT2D eigenvalue weighted by atomic mass is 16.7. The average Bonchev–Trinajstić information content (AvgIpc) is 2.59. The van der Waals surface area contributed by atoms with Gasteiger partial charge in [0.25, 0.3) is 6.29 Å². The number of aliphatic carboxylic acids is 1. The number of carboxylic acid groups (broad SMARTS) is 1. The van der Waals surface area contributed by atoms with E-state index in [-0.39, 0.29) is 38.2 Å². The van der Waals surface area contributed by atoms with E-state index in [2.05, 4.69) is 50.3 Å². The summed E-state index contributed by atoms with van der Waals surface area (Å²) in [5, 5.41) is 9.78. The second kappa shape index (κ2) is 79.2. The van der Waals surface area contributed by atoms with Crippen LogP contribution in [0.4, 0.5) is 0 Å². The molecule has 0 heterocycles. The first-order chi connectivity index (χ1) is 47.6. The van der Waals surface area contributed by atoms with Crippen LogP contribution in [0.15, 0.2) is 36.5 Å². The summed E-state index contributed by atoms with van der Waals surface area (Å²) in [6.07, 6.45) is 101. The van der Waals surface area contributed by atoms with E-state index in [4.69, 9.17) is 18.9 Å². The number of rotatable bonds is 82. The van der Waals surface area contributed by atoms with Crippen LogP contribution in [0, 0.1) is 0 Å². The molecule has 0 aliphatic heterocycles. The highest BCUT2D eigenvalue weighted by Gasteiger charge is 2.25. The molecule has 0 radical (unpaired) electrons. The number of likely N-dealkylation sites (N-methyl/N-ethyl adjacent to an activating group) is 1. The van der Waals surface area contributed by atoms with Gasteiger partial charge in [0.05, 0.1) is 34.4 Å². The van der Waals surface area contributed by atoms with Gasteiger partial charge in [-0.15, -0.1) is 0 Å². The van der Waals surface area contributed by atoms with Crippen molar-refractivity contribution in [2.45, 2.75) is 463 Å². The standard InChI is InChI=1S/C88H167NO8/c1-6-8-10-12-14-16-18-20-22-24-26-28-30-32-34-36-38-40-41-42-43-44-45-47-48-50-52-54-56-58-60-62-64-66-68-70-72-74-76-78-85(90)95-82-84(83-96-88(87(92)93)94-81-80-89(3,4)5)97-86(91)79-77-75-73-71-69-67-65-63-61-59-57-55-53-51-49-46-39-37-35-33-31-29-27-25-23-21-19-17-15-13-11-9-7-2/h19,21,24-27,84,88H,6-18,20,22-23,28-83H2,1-5H3/p+1/b21-19-,26-24-,27-25-. The smallest absolute Gasteiger partial charge is 0.361 e. The number of hydrogen-bond acceptors (Lipinski definition) is 7. The molecule has 0 aromatic heterocycles. The minimum absolute atomic E-state index is 0.175. The van der Waals surface area contributed by atoms with Crippen LogP contribution < -0.4 is 0 Å². The van der Waals surface area contributed by atoms with Crippen LogP contribution in [0.3, 0.4) is 0 Å². The molecular weight excluding hydrogens is 1200 g/mol. The second-order valence-electron chi connectivity index (χ2n) is 30.8. The Hall–Kier alpha value is -2.49. The molecule has 0 bridgehead atoms. The van der Waals surface area contributed by atoms with Gasteiger partial charge in [0.15, 0.2) is 6.10 Å². The minimum Gasteiger partial charge on any atom is -0.477 e. The van der Waals surface area contributed by atoms with Gasteiger partial charge in [-0.2, -0.15) is 0 Å². The molecule has 0 fully saturated rings. The zero-order valence-electron chi connectivity index (χ0n) is 65.8. The SMILES string of the molecule is CCCCCCC/C=C\C/C=C\CCCCCCCCCCCCCCCCCCCCCCCC(=O)OC(COC(=O)CCCCCCCCCCCCCCCCCCCCCCCCCCCCC/C=C\CCCCCCCCCC)COC(OCC[N+](C)(C)C)C(=O)O. The Kier molecular flexibility index (Phi) is 77.2. The van der Waals surface area contributed by atoms with E-state index in [9.17, 15) is 19.5 Å². The summed E-state index contributed by atoms with van der Waals surface area (Å²) >= 11 is 0. The summed E-state index contributed by atoms with van der Waals surface area (Å²) in [7, 11) is 6.00. The predicted molar refractivity (Wildman–Crippen MR) is 420 cm³/mol. The lowest BCUT2D eigenvalue weighted by Crippen LogP contribution is -2.40. The summed E-state index contributed by atoms with van der Waals surface area (Å²) in [5.74, 6) is -1.97. The average molecular weight is 1370 g/mol. The molecule has 0 spiro atoms. The van der Waals surface area contributed by atoms with Gasteiger partial charge in [0.1, 0.15) is 13.2 Å². The molecule has 9 heteroatoms. The third-order valence-electron chi connectivity index (χ3n) is 19.9. The summed E-state index contributed by atoms with van der Waals surface area (Å²) < 4.78 is 23.1. The summed E-state index contributed by atoms with van der Waals surface area (Å²) in [6.45, 7) is 4.95. The van der Waals surface area contributed by atoms with E-state index in [0.717, 1.165) is 44.9 Å². The molecular formula is C88H168NO8+. The van der Waals surface area contributed by atoms with Crippen molar-refractivity contribution in [2.24, 2.45) is 0 Å². The number of nitrogens with zero attached hydrogens (tertiary/aromatic N) is 1. The number of hydrogen-bond donors (Lipinski definition) is 1. The molecule has 0 saturated heterocycles. The molecule has 0 aromatic carbocycles. The topological polar surface area (TPSA) is 108 Å². The van der Waals surface area contributed by atoms with Crippen LogP contribution in [-0.2, 0) is 33.3 Å². The molecule has 97 heavy (non-hydrogen) atoms. The number of carbonyl (C=O) groups is 3. The lowest BCUT2D eigenvalue weighted by atomic mass is 10.0. The molecule has 2 unspecified atom stereocenters. The van der Waals surface area contributed by atoms with Crippen LogP contribution in [0.2, 0.25) is 0 Å². The zero-order chi connectivity index (χ0) is 70.4. The van der Waals surface area contributed by atoms with Gasteiger partial charge in [0, 0.05) is 12.8 Å². The Morgan fingerprint density at radius 3 is 0.825 bits per heavy atom. The van der Waals surface area contributed by atoms with Crippen molar-refractivity contribution in [3.8, 4) is 0 Å². The predicted octanol–water partition coefficient (Wildman–Crippen LogP) is 27.8.